The van der Waals surface area contributed by atoms with Crippen LogP contribution in [0.1, 0.15) is 38.2 Å². The summed E-state index contributed by atoms with van der Waals surface area (Å²) >= 11 is 0. The monoisotopic (exact) mass is 296 g/mol. The van der Waals surface area contributed by atoms with E-state index in [-0.39, 0.29) is 0 Å². The lowest BCUT2D eigenvalue weighted by Crippen LogP contribution is -2.39. The lowest BCUT2D eigenvalue weighted by Gasteiger charge is -2.36. The van der Waals surface area contributed by atoms with Crippen LogP contribution in [0.3, 0.4) is 0 Å². The van der Waals surface area contributed by atoms with Gasteiger partial charge in [-0.3, -0.25) is 0 Å². The van der Waals surface area contributed by atoms with Gasteiger partial charge in [-0.2, -0.15) is 4.98 Å². The molecule has 1 atom stereocenters. The first-order valence-electron chi connectivity index (χ1n) is 8.24. The summed E-state index contributed by atoms with van der Waals surface area (Å²) in [6.07, 6.45) is 6.90. The molecule has 0 bridgehead atoms. The van der Waals surface area contributed by atoms with Gasteiger partial charge in [-0.05, 0) is 37.3 Å². The number of anilines is 2. The molecule has 0 saturated carbocycles. The van der Waals surface area contributed by atoms with E-state index in [1.165, 1.54) is 31.2 Å². The van der Waals surface area contributed by atoms with E-state index in [9.17, 15) is 0 Å². The fraction of sp³-hybridized carbons (Fsp3) is 0.444. The molecule has 22 heavy (non-hydrogen) atoms. The molecule has 4 nitrogen and oxygen atoms in total. The maximum Gasteiger partial charge on any atom is 0.224 e. The highest BCUT2D eigenvalue weighted by atomic mass is 15.2. The molecule has 1 aliphatic rings. The second kappa shape index (κ2) is 7.25. The summed E-state index contributed by atoms with van der Waals surface area (Å²) < 4.78 is 0. The molecule has 1 unspecified atom stereocenters. The van der Waals surface area contributed by atoms with Crippen LogP contribution in [-0.2, 0) is 6.54 Å². The maximum atomic E-state index is 4.71. The van der Waals surface area contributed by atoms with Gasteiger partial charge in [-0.15, -0.1) is 0 Å². The fourth-order valence-corrected chi connectivity index (χ4v) is 3.10. The highest BCUT2D eigenvalue weighted by Crippen LogP contribution is 2.25. The summed E-state index contributed by atoms with van der Waals surface area (Å²) in [5, 5.41) is 3.32. The highest BCUT2D eigenvalue weighted by Gasteiger charge is 2.22. The molecule has 0 spiro atoms. The van der Waals surface area contributed by atoms with Crippen molar-refractivity contribution in [3.63, 3.8) is 0 Å². The van der Waals surface area contributed by atoms with Crippen molar-refractivity contribution >= 4 is 11.8 Å². The maximum absolute atomic E-state index is 4.71. The smallest absolute Gasteiger partial charge is 0.224 e. The van der Waals surface area contributed by atoms with Gasteiger partial charge in [0, 0.05) is 25.3 Å². The summed E-state index contributed by atoms with van der Waals surface area (Å²) in [6.45, 7) is 4.12. The molecule has 116 valence electrons. The molecule has 4 heteroatoms. The van der Waals surface area contributed by atoms with Crippen molar-refractivity contribution in [3.8, 4) is 0 Å². The molecule has 1 aromatic heterocycles. The Bertz CT molecular complexity index is 585. The number of hydrogen-bond donors (Lipinski definition) is 1. The van der Waals surface area contributed by atoms with Crippen molar-refractivity contribution in [2.45, 2.75) is 45.2 Å². The van der Waals surface area contributed by atoms with Gasteiger partial charge in [0.05, 0.1) is 0 Å². The first-order valence-corrected chi connectivity index (χ1v) is 8.24. The van der Waals surface area contributed by atoms with Gasteiger partial charge in [0.1, 0.15) is 5.82 Å². The molecule has 0 aliphatic carbocycles. The quantitative estimate of drug-likeness (QED) is 0.909. The minimum absolute atomic E-state index is 0.616. The number of nitrogens with zero attached hydrogens (tertiary/aromatic N) is 3. The van der Waals surface area contributed by atoms with E-state index < -0.39 is 0 Å². The van der Waals surface area contributed by atoms with Crippen molar-refractivity contribution in [2.24, 2.45) is 0 Å². The fourth-order valence-electron chi connectivity index (χ4n) is 3.10. The lowest BCUT2D eigenvalue weighted by molar-refractivity contribution is 0.447. The topological polar surface area (TPSA) is 41.1 Å². The van der Waals surface area contributed by atoms with E-state index in [0.29, 0.717) is 12.0 Å². The molecular weight excluding hydrogens is 272 g/mol. The number of benzene rings is 1. The first kappa shape index (κ1) is 14.8. The average Bonchev–Trinajstić information content (AvgIpc) is 2.61. The van der Waals surface area contributed by atoms with Gasteiger partial charge < -0.3 is 10.2 Å². The minimum Gasteiger partial charge on any atom is -0.353 e. The van der Waals surface area contributed by atoms with E-state index in [1.807, 2.05) is 30.5 Å². The predicted octanol–water partition coefficient (Wildman–Crippen LogP) is 3.86. The zero-order valence-corrected chi connectivity index (χ0v) is 13.2. The van der Waals surface area contributed by atoms with Crippen LogP contribution in [0.25, 0.3) is 0 Å². The van der Waals surface area contributed by atoms with E-state index in [2.05, 4.69) is 34.3 Å². The second-order valence-electron chi connectivity index (χ2n) is 5.83. The Morgan fingerprint density at radius 2 is 2.05 bits per heavy atom. The van der Waals surface area contributed by atoms with Crippen LogP contribution in [0.4, 0.5) is 11.8 Å². The largest absolute Gasteiger partial charge is 0.353 e. The van der Waals surface area contributed by atoms with Crippen molar-refractivity contribution in [3.05, 3.63) is 48.2 Å². The van der Waals surface area contributed by atoms with Crippen molar-refractivity contribution in [1.29, 1.82) is 0 Å². The molecule has 1 N–H and O–H groups in total. The Morgan fingerprint density at radius 3 is 2.86 bits per heavy atom. The van der Waals surface area contributed by atoms with Gasteiger partial charge >= 0.3 is 0 Å². The molecule has 3 rings (SSSR count). The Morgan fingerprint density at radius 1 is 1.18 bits per heavy atom. The number of hydrogen-bond acceptors (Lipinski definition) is 4. The van der Waals surface area contributed by atoms with Gasteiger partial charge in [-0.25, -0.2) is 4.98 Å². The zero-order valence-electron chi connectivity index (χ0n) is 13.2. The highest BCUT2D eigenvalue weighted by molar-refractivity contribution is 5.44. The van der Waals surface area contributed by atoms with Crippen molar-refractivity contribution in [2.75, 3.05) is 16.8 Å². The van der Waals surface area contributed by atoms with Gasteiger partial charge in [0.25, 0.3) is 0 Å². The Hall–Kier alpha value is -2.10. The summed E-state index contributed by atoms with van der Waals surface area (Å²) in [5.74, 6) is 1.76. The number of rotatable bonds is 5. The second-order valence-corrected chi connectivity index (χ2v) is 5.83. The molecule has 2 aromatic rings. The lowest BCUT2D eigenvalue weighted by atomic mass is 10.0. The van der Waals surface area contributed by atoms with E-state index >= 15 is 0 Å². The summed E-state index contributed by atoms with van der Waals surface area (Å²) in [7, 11) is 0. The minimum atomic E-state index is 0.616. The summed E-state index contributed by atoms with van der Waals surface area (Å²) in [4.78, 5) is 11.5. The van der Waals surface area contributed by atoms with Gasteiger partial charge in [0.15, 0.2) is 0 Å². The number of piperidine rings is 1. The standard InChI is InChI=1S/C18H24N4/c1-2-16-10-6-7-13-22(16)17-11-12-19-18(21-17)20-14-15-8-4-3-5-9-15/h3-5,8-9,11-12,16H,2,6-7,10,13-14H2,1H3,(H,19,20,21). The van der Waals surface area contributed by atoms with Crippen LogP contribution in [-0.4, -0.2) is 22.6 Å². The van der Waals surface area contributed by atoms with Crippen molar-refractivity contribution < 1.29 is 0 Å². The van der Waals surface area contributed by atoms with E-state index in [4.69, 9.17) is 4.98 Å². The molecule has 0 radical (unpaired) electrons. The summed E-state index contributed by atoms with van der Waals surface area (Å²) in [5.41, 5.74) is 1.24. The van der Waals surface area contributed by atoms with E-state index in [1.54, 1.807) is 0 Å². The average molecular weight is 296 g/mol. The molecule has 1 saturated heterocycles. The predicted molar refractivity (Wildman–Crippen MR) is 91.1 cm³/mol. The van der Waals surface area contributed by atoms with Crippen LogP contribution in [0, 0.1) is 0 Å². The Balaban J connectivity index is 1.69. The number of aromatic nitrogens is 2. The third-order valence-electron chi connectivity index (χ3n) is 4.33. The van der Waals surface area contributed by atoms with Crippen molar-refractivity contribution in [1.82, 2.24) is 9.97 Å². The molecule has 1 aliphatic heterocycles. The number of nitrogens with one attached hydrogen (secondary N) is 1. The SMILES string of the molecule is CCC1CCCCN1c1ccnc(NCc2ccccc2)n1. The van der Waals surface area contributed by atoms with E-state index in [0.717, 1.165) is 18.9 Å². The first-order chi connectivity index (χ1) is 10.9. The molecular formula is C18H24N4. The Kier molecular flexibility index (Phi) is 4.88. The van der Waals surface area contributed by atoms with Crippen LogP contribution in [0.5, 0.6) is 0 Å². The third kappa shape index (κ3) is 3.56. The van der Waals surface area contributed by atoms with Crippen LogP contribution < -0.4 is 10.2 Å². The Labute approximate surface area is 132 Å². The van der Waals surface area contributed by atoms with Crippen LogP contribution >= 0.6 is 0 Å². The molecule has 1 fully saturated rings. The van der Waals surface area contributed by atoms with Crippen LogP contribution in [0.15, 0.2) is 42.6 Å². The molecule has 0 amide bonds. The van der Waals surface area contributed by atoms with Gasteiger partial charge in [-0.1, -0.05) is 37.3 Å². The van der Waals surface area contributed by atoms with Gasteiger partial charge in [0.2, 0.25) is 5.95 Å². The molecule has 2 heterocycles. The third-order valence-corrected chi connectivity index (χ3v) is 4.33. The van der Waals surface area contributed by atoms with Crippen LogP contribution in [0.2, 0.25) is 0 Å². The normalized spacial score (nSPS) is 18.2. The zero-order chi connectivity index (χ0) is 15.2. The summed E-state index contributed by atoms with van der Waals surface area (Å²) in [6, 6.07) is 13.0. The molecule has 1 aromatic carbocycles.